The summed E-state index contributed by atoms with van der Waals surface area (Å²) < 4.78 is 33.4. The van der Waals surface area contributed by atoms with Crippen molar-refractivity contribution in [2.24, 2.45) is 0 Å². The molecule has 0 bridgehead atoms. The fourth-order valence-electron chi connectivity index (χ4n) is 8.28. The summed E-state index contributed by atoms with van der Waals surface area (Å²) >= 11 is 11.8. The second kappa shape index (κ2) is 25.8. The van der Waals surface area contributed by atoms with Gasteiger partial charge in [-0.25, -0.2) is 24.7 Å². The van der Waals surface area contributed by atoms with Crippen LogP contribution in [0.3, 0.4) is 0 Å². The SMILES string of the molecule is Nc1ccc(OCCN2CCOCC2)c2ccccc12.O=C(Nc1ccc(OCCN2CCOCC2)c2ccccc12)c1cc(N2CCOCC2)nc(Cl)n1.O=C(O)c1cc(N2CCOCC2)nc(Cl)n1. The Hall–Kier alpha value is -6.16. The van der Waals surface area contributed by atoms with Crippen molar-refractivity contribution in [3.8, 4) is 11.5 Å². The molecule has 0 spiro atoms. The quantitative estimate of drug-likeness (QED) is 0.0910. The summed E-state index contributed by atoms with van der Waals surface area (Å²) in [7, 11) is 0. The number of carbonyl (C=O) groups is 2. The standard InChI is InChI=1S/C25H28ClN5O4.C16H20N2O2.C9H10ClN3O3/c26-25-28-21(17-23(29-25)31-10-14-34-15-11-31)24(32)27-20-5-6-22(19-4-2-1-3-18(19)20)35-16-9-30-7-12-33-13-8-30;17-15-5-6-16(14-4-2-1-3-13(14)15)20-12-9-18-7-10-19-11-8-18;10-9-11-6(8(14)15)5-7(12-9)13-1-3-16-4-2-13/h1-6,17H,7-16H2,(H,27,32);1-6H,7-12,17H2;5H,1-4H2,(H,14,15). The number of amides is 1. The molecule has 0 atom stereocenters. The van der Waals surface area contributed by atoms with E-state index in [0.29, 0.717) is 83.1 Å². The van der Waals surface area contributed by atoms with Crippen molar-refractivity contribution >= 4 is 79.6 Å². The monoisotopic (exact) mass is 1010 g/mol. The van der Waals surface area contributed by atoms with E-state index >= 15 is 0 Å². The maximum Gasteiger partial charge on any atom is 0.354 e. The van der Waals surface area contributed by atoms with E-state index in [1.165, 1.54) is 6.07 Å². The molecule has 0 saturated carbocycles. The maximum absolute atomic E-state index is 13.1. The van der Waals surface area contributed by atoms with Gasteiger partial charge in [0.25, 0.3) is 5.91 Å². The van der Waals surface area contributed by atoms with E-state index in [9.17, 15) is 9.59 Å². The van der Waals surface area contributed by atoms with Crippen LogP contribution in [-0.2, 0) is 18.9 Å². The molecule has 0 radical (unpaired) electrons. The Labute approximate surface area is 421 Å². The molecule has 1 amide bonds. The largest absolute Gasteiger partial charge is 0.492 e. The van der Waals surface area contributed by atoms with E-state index in [1.54, 1.807) is 6.07 Å². The number of hydrogen-bond donors (Lipinski definition) is 3. The molecule has 21 heteroatoms. The number of nitrogens with two attached hydrogens (primary N) is 1. The number of hydrogen-bond acceptors (Lipinski definition) is 17. The van der Waals surface area contributed by atoms with Crippen molar-refractivity contribution in [2.75, 3.05) is 152 Å². The van der Waals surface area contributed by atoms with Crippen molar-refractivity contribution in [1.82, 2.24) is 29.7 Å². The summed E-state index contributed by atoms with van der Waals surface area (Å²) in [6.45, 7) is 15.2. The van der Waals surface area contributed by atoms with Crippen molar-refractivity contribution in [3.63, 3.8) is 0 Å². The van der Waals surface area contributed by atoms with Gasteiger partial charge in [0.15, 0.2) is 5.69 Å². The predicted molar refractivity (Wildman–Crippen MR) is 273 cm³/mol. The Morgan fingerprint density at radius 3 is 1.49 bits per heavy atom. The number of carboxylic acids is 1. The summed E-state index contributed by atoms with van der Waals surface area (Å²) in [5.41, 5.74) is 7.57. The van der Waals surface area contributed by atoms with Crippen LogP contribution in [0.4, 0.5) is 23.0 Å². The lowest BCUT2D eigenvalue weighted by atomic mass is 10.1. The van der Waals surface area contributed by atoms with Crippen LogP contribution in [0.5, 0.6) is 11.5 Å². The molecule has 4 saturated heterocycles. The lowest BCUT2D eigenvalue weighted by molar-refractivity contribution is 0.0322. The highest BCUT2D eigenvalue weighted by Crippen LogP contribution is 2.33. The van der Waals surface area contributed by atoms with Gasteiger partial charge in [-0.2, -0.15) is 0 Å². The minimum atomic E-state index is -1.11. The molecule has 4 N–H and O–H groups in total. The van der Waals surface area contributed by atoms with E-state index < -0.39 is 5.97 Å². The van der Waals surface area contributed by atoms with Crippen molar-refractivity contribution in [3.05, 3.63) is 107 Å². The number of nitrogens with one attached hydrogen (secondary N) is 1. The van der Waals surface area contributed by atoms with Gasteiger partial charge < -0.3 is 54.4 Å². The minimum absolute atomic E-state index is 0.0352. The molecule has 4 aliphatic heterocycles. The number of benzene rings is 4. The van der Waals surface area contributed by atoms with Crippen LogP contribution in [0, 0.1) is 0 Å². The number of nitrogen functional groups attached to an aromatic ring is 1. The Balaban J connectivity index is 0.000000158. The highest BCUT2D eigenvalue weighted by atomic mass is 35.5. The third-order valence-corrected chi connectivity index (χ3v) is 12.4. The van der Waals surface area contributed by atoms with Crippen molar-refractivity contribution < 1.29 is 43.1 Å². The number of ether oxygens (including phenoxy) is 6. The molecule has 19 nitrogen and oxygen atoms in total. The normalized spacial score (nSPS) is 16.6. The van der Waals surface area contributed by atoms with Crippen LogP contribution in [0.15, 0.2) is 84.9 Å². The first kappa shape index (κ1) is 51.2. The third-order valence-electron chi connectivity index (χ3n) is 12.1. The summed E-state index contributed by atoms with van der Waals surface area (Å²) in [5, 5.41) is 15.8. The molecule has 4 aromatic carbocycles. The lowest BCUT2D eigenvalue weighted by Gasteiger charge is -2.27. The number of nitrogens with zero attached hydrogens (tertiary/aromatic N) is 8. The molecule has 6 aromatic rings. The first-order valence-electron chi connectivity index (χ1n) is 23.6. The van der Waals surface area contributed by atoms with E-state index in [4.69, 9.17) is 62.5 Å². The Morgan fingerprint density at radius 1 is 0.563 bits per heavy atom. The van der Waals surface area contributed by atoms with Gasteiger partial charge in [-0.05, 0) is 47.5 Å². The molecular formula is C50H58Cl2N10O9. The molecule has 2 aromatic heterocycles. The number of rotatable bonds is 13. The average Bonchev–Trinajstić information content (AvgIpc) is 3.41. The van der Waals surface area contributed by atoms with Gasteiger partial charge in [0.2, 0.25) is 10.6 Å². The van der Waals surface area contributed by atoms with Gasteiger partial charge in [0.05, 0.1) is 52.9 Å². The second-order valence-electron chi connectivity index (χ2n) is 16.7. The molecule has 71 heavy (non-hydrogen) atoms. The van der Waals surface area contributed by atoms with Crippen LogP contribution in [0.25, 0.3) is 21.5 Å². The Morgan fingerprint density at radius 2 is 0.986 bits per heavy atom. The minimum Gasteiger partial charge on any atom is -0.492 e. The molecule has 376 valence electrons. The number of carboxylic acid groups (broad SMARTS) is 1. The van der Waals surface area contributed by atoms with Crippen LogP contribution in [0.2, 0.25) is 10.6 Å². The van der Waals surface area contributed by atoms with Crippen LogP contribution in [-0.4, -0.2) is 178 Å². The third kappa shape index (κ3) is 14.5. The Kier molecular flexibility index (Phi) is 18.6. The summed E-state index contributed by atoms with van der Waals surface area (Å²) in [6.07, 6.45) is 0. The van der Waals surface area contributed by atoms with Gasteiger partial charge in [0.1, 0.15) is 42.0 Å². The Bertz CT molecular complexity index is 2720. The van der Waals surface area contributed by atoms with Crippen molar-refractivity contribution in [2.45, 2.75) is 0 Å². The molecule has 0 aliphatic carbocycles. The molecule has 4 aliphatic rings. The predicted octanol–water partition coefficient (Wildman–Crippen LogP) is 5.88. The molecule has 10 rings (SSSR count). The zero-order valence-electron chi connectivity index (χ0n) is 39.3. The lowest BCUT2D eigenvalue weighted by Crippen LogP contribution is -2.38. The summed E-state index contributed by atoms with van der Waals surface area (Å²) in [6, 6.07) is 26.6. The number of anilines is 4. The first-order valence-corrected chi connectivity index (χ1v) is 24.4. The van der Waals surface area contributed by atoms with Gasteiger partial charge in [0, 0.05) is 110 Å². The number of fused-ring (bicyclic) bond motifs is 2. The van der Waals surface area contributed by atoms with Crippen LogP contribution in [0.1, 0.15) is 21.0 Å². The second-order valence-corrected chi connectivity index (χ2v) is 17.4. The zero-order valence-corrected chi connectivity index (χ0v) is 40.9. The van der Waals surface area contributed by atoms with Crippen LogP contribution < -0.4 is 30.3 Å². The molecule has 4 fully saturated rings. The van der Waals surface area contributed by atoms with Gasteiger partial charge in [-0.15, -0.1) is 0 Å². The van der Waals surface area contributed by atoms with E-state index in [0.717, 1.165) is 104 Å². The average molecular weight is 1010 g/mol. The highest BCUT2D eigenvalue weighted by molar-refractivity contribution is 6.29. The van der Waals surface area contributed by atoms with Crippen molar-refractivity contribution in [1.29, 1.82) is 0 Å². The number of morpholine rings is 4. The topological polar surface area (TPSA) is 212 Å². The smallest absolute Gasteiger partial charge is 0.354 e. The van der Waals surface area contributed by atoms with E-state index in [1.807, 2.05) is 76.5 Å². The summed E-state index contributed by atoms with van der Waals surface area (Å²) in [5.74, 6) is 1.37. The van der Waals surface area contributed by atoms with E-state index in [-0.39, 0.29) is 27.9 Å². The van der Waals surface area contributed by atoms with Gasteiger partial charge in [-0.3, -0.25) is 14.6 Å². The number of aromatic nitrogens is 4. The summed E-state index contributed by atoms with van der Waals surface area (Å²) in [4.78, 5) is 48.6. The first-order chi connectivity index (χ1) is 34.7. The molecule has 6 heterocycles. The molecule has 0 unspecified atom stereocenters. The number of aromatic carboxylic acids is 1. The fraction of sp³-hybridized carbons (Fsp3) is 0.400. The van der Waals surface area contributed by atoms with Gasteiger partial charge in [-0.1, -0.05) is 48.5 Å². The molecular weight excluding hydrogens is 956 g/mol. The van der Waals surface area contributed by atoms with Crippen LogP contribution >= 0.6 is 23.2 Å². The van der Waals surface area contributed by atoms with E-state index in [2.05, 4.69) is 41.1 Å². The maximum atomic E-state index is 13.1. The highest BCUT2D eigenvalue weighted by Gasteiger charge is 2.20. The zero-order chi connectivity index (χ0) is 49.4. The number of carbonyl (C=O) groups excluding carboxylic acids is 1. The fourth-order valence-corrected chi connectivity index (χ4v) is 8.63. The van der Waals surface area contributed by atoms with Gasteiger partial charge >= 0.3 is 5.97 Å². The number of halogens is 2.